The zero-order valence-corrected chi connectivity index (χ0v) is 41.7. The summed E-state index contributed by atoms with van der Waals surface area (Å²) in [6.07, 6.45) is -0.778. The molecule has 2 saturated heterocycles. The van der Waals surface area contributed by atoms with Crippen molar-refractivity contribution in [1.29, 1.82) is 0 Å². The molecular weight excluding hydrogens is 1020 g/mol. The van der Waals surface area contributed by atoms with Crippen LogP contribution < -0.4 is 18.9 Å². The summed E-state index contributed by atoms with van der Waals surface area (Å²) in [5.74, 6) is -2.90. The van der Waals surface area contributed by atoms with Gasteiger partial charge in [0.2, 0.25) is 0 Å². The first-order chi connectivity index (χ1) is 37.8. The van der Waals surface area contributed by atoms with E-state index < -0.39 is 72.5 Å². The van der Waals surface area contributed by atoms with Crippen molar-refractivity contribution < 1.29 is 95.2 Å². The van der Waals surface area contributed by atoms with Crippen LogP contribution in [0.25, 0.3) is 21.5 Å². The second-order valence-electron chi connectivity index (χ2n) is 17.3. The van der Waals surface area contributed by atoms with Crippen LogP contribution in [0, 0.1) is 0 Å². The van der Waals surface area contributed by atoms with E-state index in [4.69, 9.17) is 56.8 Å². The Bertz CT molecular complexity index is 3000. The third kappa shape index (κ3) is 14.9. The summed E-state index contributed by atoms with van der Waals surface area (Å²) in [6.45, 7) is 7.12. The second-order valence-corrected chi connectivity index (χ2v) is 17.3. The van der Waals surface area contributed by atoms with Crippen molar-refractivity contribution >= 4 is 69.7 Å². The van der Waals surface area contributed by atoms with Crippen LogP contribution in [-0.4, -0.2) is 112 Å². The zero-order valence-electron chi connectivity index (χ0n) is 41.7. The molecule has 78 heavy (non-hydrogen) atoms. The van der Waals surface area contributed by atoms with Gasteiger partial charge in [-0.1, -0.05) is 37.4 Å². The molecule has 0 unspecified atom stereocenters. The fourth-order valence-electron chi connectivity index (χ4n) is 7.95. The van der Waals surface area contributed by atoms with Gasteiger partial charge in [0.15, 0.2) is 12.2 Å². The molecule has 402 valence electrons. The van der Waals surface area contributed by atoms with Gasteiger partial charge in [0.05, 0.1) is 61.9 Å². The molecule has 0 aromatic heterocycles. The number of ether oxygens (including phenoxy) is 12. The molecular formula is C58H50O20. The van der Waals surface area contributed by atoms with E-state index in [1.165, 1.54) is 48.5 Å². The number of unbranched alkanes of at least 4 members (excludes halogenated alkanes) is 2. The van der Waals surface area contributed by atoms with E-state index in [-0.39, 0.29) is 84.9 Å². The quantitative estimate of drug-likeness (QED) is 0.0154. The average Bonchev–Trinajstić information content (AvgIpc) is 4.07. The molecule has 2 fully saturated rings. The highest BCUT2D eigenvalue weighted by Gasteiger charge is 2.51. The number of carbonyl (C=O) groups is 8. The molecule has 4 atom stereocenters. The monoisotopic (exact) mass is 1070 g/mol. The molecule has 2 heterocycles. The van der Waals surface area contributed by atoms with E-state index in [0.29, 0.717) is 47.2 Å². The summed E-state index contributed by atoms with van der Waals surface area (Å²) in [4.78, 5) is 99.0. The first-order valence-electron chi connectivity index (χ1n) is 24.5. The van der Waals surface area contributed by atoms with Crippen LogP contribution in [0.5, 0.6) is 23.0 Å². The van der Waals surface area contributed by atoms with Crippen LogP contribution in [0.4, 0.5) is 9.59 Å². The molecule has 0 amide bonds. The molecule has 6 aromatic carbocycles. The van der Waals surface area contributed by atoms with Gasteiger partial charge in [-0.15, -0.1) is 0 Å². The summed E-state index contributed by atoms with van der Waals surface area (Å²) in [5.41, 5.74) is 0.833. The van der Waals surface area contributed by atoms with Crippen molar-refractivity contribution in [2.75, 3.05) is 39.6 Å². The number of hydrogen-bond donors (Lipinski definition) is 0. The first-order valence-corrected chi connectivity index (χ1v) is 24.5. The van der Waals surface area contributed by atoms with Gasteiger partial charge in [-0.05, 0) is 144 Å². The minimum atomic E-state index is -0.893. The minimum Gasteiger partial charge on any atom is -0.463 e. The predicted molar refractivity (Wildman–Crippen MR) is 273 cm³/mol. The number of hydrogen-bond acceptors (Lipinski definition) is 20. The highest BCUT2D eigenvalue weighted by molar-refractivity contribution is 5.98. The summed E-state index contributed by atoms with van der Waals surface area (Å²) >= 11 is 0. The molecule has 0 aliphatic carbocycles. The standard InChI is InChI=1S/C58H50O20/c1-3-49(59)67-25-5-7-27-69-57(65)75-45-23-17-37-29-41(11-9-39(37)31-45)55(63)73-43-19-13-35(14-20-43)53(61)77-47-33-71-52-48(34-72-51(47)52)78-54(62)36-15-21-44(22-16-36)74-56(64)42-12-10-40-32-46(24-18-38(40)30-42)76-58(66)70-28-8-6-26-68-50(60)4-2/h3-4,9-24,29-32,47-48,51-52H,1-2,5-8,25-28,33-34H2/t47-,48-,51-,52-/m1/s1. The maximum Gasteiger partial charge on any atom is 0.513 e. The van der Waals surface area contributed by atoms with Crippen molar-refractivity contribution in [1.82, 2.24) is 0 Å². The van der Waals surface area contributed by atoms with Gasteiger partial charge in [-0.3, -0.25) is 0 Å². The van der Waals surface area contributed by atoms with Crippen molar-refractivity contribution in [3.63, 3.8) is 0 Å². The lowest BCUT2D eigenvalue weighted by atomic mass is 10.1. The summed E-state index contributed by atoms with van der Waals surface area (Å²) in [6, 6.07) is 30.9. The molecule has 6 aromatic rings. The van der Waals surface area contributed by atoms with Crippen LogP contribution in [0.1, 0.15) is 67.1 Å². The fraction of sp³-hybridized carbons (Fsp3) is 0.241. The number of rotatable bonds is 22. The van der Waals surface area contributed by atoms with Gasteiger partial charge in [0.1, 0.15) is 35.2 Å². The SMILES string of the molecule is C=CC(=O)OCCCCOC(=O)Oc1ccc2cc(C(=O)Oc3ccc(C(=O)O[C@@H]4CO[C@H]5[C@@H]4OC[C@H]5OC(=O)c4ccc(OC(=O)c5ccc6cc(OC(=O)OCCCCOC(=O)C=C)ccc6c5)cc4)cc3)ccc2c1. The Morgan fingerprint density at radius 2 is 0.731 bits per heavy atom. The lowest BCUT2D eigenvalue weighted by molar-refractivity contribution is -0.138. The molecule has 0 saturated carbocycles. The Labute approximate surface area is 445 Å². The molecule has 20 heteroatoms. The molecule has 0 N–H and O–H groups in total. The van der Waals surface area contributed by atoms with Crippen molar-refractivity contribution in [2.24, 2.45) is 0 Å². The van der Waals surface area contributed by atoms with Crippen molar-refractivity contribution in [3.8, 4) is 23.0 Å². The van der Waals surface area contributed by atoms with E-state index in [0.717, 1.165) is 12.2 Å². The third-order valence-electron chi connectivity index (χ3n) is 11.9. The summed E-state index contributed by atoms with van der Waals surface area (Å²) in [5, 5.41) is 2.70. The molecule has 0 spiro atoms. The Kier molecular flexibility index (Phi) is 18.6. The highest BCUT2D eigenvalue weighted by atomic mass is 16.7. The zero-order chi connectivity index (χ0) is 55.0. The van der Waals surface area contributed by atoms with E-state index in [9.17, 15) is 38.4 Å². The molecule has 2 aliphatic heterocycles. The third-order valence-corrected chi connectivity index (χ3v) is 11.9. The lowest BCUT2D eigenvalue weighted by Gasteiger charge is -2.17. The van der Waals surface area contributed by atoms with E-state index in [1.807, 2.05) is 0 Å². The molecule has 2 aliphatic rings. The number of esters is 6. The van der Waals surface area contributed by atoms with Gasteiger partial charge in [0, 0.05) is 12.2 Å². The first kappa shape index (κ1) is 54.8. The molecule has 0 bridgehead atoms. The fourth-order valence-corrected chi connectivity index (χ4v) is 7.95. The van der Waals surface area contributed by atoms with Gasteiger partial charge >= 0.3 is 48.1 Å². The Morgan fingerprint density at radius 3 is 1.12 bits per heavy atom. The largest absolute Gasteiger partial charge is 0.513 e. The van der Waals surface area contributed by atoms with E-state index in [1.54, 1.807) is 72.8 Å². The maximum absolute atomic E-state index is 13.2. The van der Waals surface area contributed by atoms with E-state index in [2.05, 4.69) is 13.2 Å². The van der Waals surface area contributed by atoms with Crippen LogP contribution in [0.2, 0.25) is 0 Å². The van der Waals surface area contributed by atoms with Crippen molar-refractivity contribution in [3.05, 3.63) is 169 Å². The molecule has 8 rings (SSSR count). The van der Waals surface area contributed by atoms with Crippen LogP contribution in [0.15, 0.2) is 147 Å². The van der Waals surface area contributed by atoms with Gasteiger partial charge < -0.3 is 56.8 Å². The summed E-state index contributed by atoms with van der Waals surface area (Å²) < 4.78 is 64.7. The lowest BCUT2D eigenvalue weighted by Crippen LogP contribution is -2.36. The topological polar surface area (TPSA) is 247 Å². The Balaban J connectivity index is 0.743. The highest BCUT2D eigenvalue weighted by Crippen LogP contribution is 2.32. The van der Waals surface area contributed by atoms with Crippen LogP contribution in [0.3, 0.4) is 0 Å². The van der Waals surface area contributed by atoms with Crippen LogP contribution >= 0.6 is 0 Å². The minimum absolute atomic E-state index is 0.0128. The second kappa shape index (κ2) is 26.4. The average molecular weight is 1070 g/mol. The van der Waals surface area contributed by atoms with Crippen LogP contribution in [-0.2, 0) is 47.5 Å². The van der Waals surface area contributed by atoms with Crippen molar-refractivity contribution in [2.45, 2.75) is 50.1 Å². The Morgan fingerprint density at radius 1 is 0.397 bits per heavy atom. The smallest absolute Gasteiger partial charge is 0.463 e. The predicted octanol–water partition coefficient (Wildman–Crippen LogP) is 9.03. The normalized spacial score (nSPS) is 16.2. The van der Waals surface area contributed by atoms with Gasteiger partial charge in [-0.25, -0.2) is 38.4 Å². The molecule has 20 nitrogen and oxygen atoms in total. The molecule has 0 radical (unpaired) electrons. The number of benzene rings is 6. The van der Waals surface area contributed by atoms with Gasteiger partial charge in [-0.2, -0.15) is 0 Å². The number of carbonyl (C=O) groups excluding carboxylic acids is 8. The van der Waals surface area contributed by atoms with Gasteiger partial charge in [0.25, 0.3) is 0 Å². The van der Waals surface area contributed by atoms with E-state index >= 15 is 0 Å². The Hall–Kier alpha value is -9.40. The maximum atomic E-state index is 13.2. The number of fused-ring (bicyclic) bond motifs is 3. The summed E-state index contributed by atoms with van der Waals surface area (Å²) in [7, 11) is 0.